The summed E-state index contributed by atoms with van der Waals surface area (Å²) >= 11 is 0. The van der Waals surface area contributed by atoms with Gasteiger partial charge in [0.2, 0.25) is 0 Å². The zero-order valence-corrected chi connectivity index (χ0v) is 11.6. The van der Waals surface area contributed by atoms with Gasteiger partial charge in [-0.1, -0.05) is 18.2 Å². The first-order chi connectivity index (χ1) is 9.64. The Morgan fingerprint density at radius 1 is 1.35 bits per heavy atom. The monoisotopic (exact) mass is 278 g/mol. The van der Waals surface area contributed by atoms with Gasteiger partial charge in [-0.05, 0) is 24.6 Å². The van der Waals surface area contributed by atoms with Gasteiger partial charge in [-0.15, -0.1) is 0 Å². The van der Waals surface area contributed by atoms with E-state index in [1.165, 1.54) is 0 Å². The van der Waals surface area contributed by atoms with Crippen molar-refractivity contribution in [3.05, 3.63) is 35.4 Å². The van der Waals surface area contributed by atoms with Crippen LogP contribution in [0.15, 0.2) is 24.3 Å². The first-order valence-electron chi connectivity index (χ1n) is 7.01. The van der Waals surface area contributed by atoms with Crippen LogP contribution in [0.3, 0.4) is 0 Å². The van der Waals surface area contributed by atoms with E-state index in [4.69, 9.17) is 10.5 Å². The summed E-state index contributed by atoms with van der Waals surface area (Å²) < 4.78 is 5.22. The average molecular weight is 278 g/mol. The maximum atomic E-state index is 12.2. The van der Waals surface area contributed by atoms with Crippen molar-refractivity contribution in [2.75, 3.05) is 26.3 Å². The van der Waals surface area contributed by atoms with Gasteiger partial charge in [0.15, 0.2) is 0 Å². The number of hydrogen-bond donors (Lipinski definition) is 3. The van der Waals surface area contributed by atoms with Crippen molar-refractivity contribution < 1.29 is 14.6 Å². The van der Waals surface area contributed by atoms with E-state index in [0.717, 1.165) is 5.56 Å². The third-order valence-corrected chi connectivity index (χ3v) is 3.68. The Kier molecular flexibility index (Phi) is 5.11. The Labute approximate surface area is 119 Å². The highest BCUT2D eigenvalue weighted by molar-refractivity contribution is 5.95. The molecule has 5 nitrogen and oxygen atoms in total. The fraction of sp³-hybridized carbons (Fsp3) is 0.533. The largest absolute Gasteiger partial charge is 0.388 e. The number of nitrogens with two attached hydrogens (primary N) is 1. The normalized spacial score (nSPS) is 17.7. The number of rotatable bonds is 5. The number of carbonyl (C=O) groups excluding carboxylic acids is 1. The number of nitrogens with one attached hydrogen (secondary N) is 1. The van der Waals surface area contributed by atoms with E-state index in [2.05, 4.69) is 5.32 Å². The molecule has 0 aromatic heterocycles. The minimum Gasteiger partial charge on any atom is -0.388 e. The standard InChI is InChI=1S/C15H22N2O3/c16-8-5-12-3-1-2-4-13(12)14(18)17-11-15(19)6-9-20-10-7-15/h1-4,19H,5-11,16H2,(H,17,18). The van der Waals surface area contributed by atoms with E-state index in [1.54, 1.807) is 6.07 Å². The van der Waals surface area contributed by atoms with Gasteiger partial charge in [0.05, 0.1) is 5.60 Å². The zero-order chi connectivity index (χ0) is 14.4. The van der Waals surface area contributed by atoms with Gasteiger partial charge in [0.25, 0.3) is 5.91 Å². The summed E-state index contributed by atoms with van der Waals surface area (Å²) in [5.74, 6) is -0.158. The lowest BCUT2D eigenvalue weighted by atomic mass is 9.94. The second kappa shape index (κ2) is 6.83. The molecule has 4 N–H and O–H groups in total. The number of hydrogen-bond acceptors (Lipinski definition) is 4. The van der Waals surface area contributed by atoms with Crippen LogP contribution in [0.5, 0.6) is 0 Å². The molecule has 1 heterocycles. The Bertz CT molecular complexity index is 456. The van der Waals surface area contributed by atoms with Crippen molar-refractivity contribution in [1.29, 1.82) is 0 Å². The van der Waals surface area contributed by atoms with Crippen molar-refractivity contribution in [3.8, 4) is 0 Å². The van der Waals surface area contributed by atoms with Crippen molar-refractivity contribution in [2.24, 2.45) is 5.73 Å². The SMILES string of the molecule is NCCc1ccccc1C(=O)NCC1(O)CCOCC1. The molecule has 0 atom stereocenters. The molecule has 1 aliphatic heterocycles. The lowest BCUT2D eigenvalue weighted by Gasteiger charge is -2.32. The molecular weight excluding hydrogens is 256 g/mol. The van der Waals surface area contributed by atoms with Crippen LogP contribution in [-0.2, 0) is 11.2 Å². The van der Waals surface area contributed by atoms with Gasteiger partial charge in [-0.25, -0.2) is 0 Å². The molecule has 0 spiro atoms. The molecule has 110 valence electrons. The minimum absolute atomic E-state index is 0.158. The van der Waals surface area contributed by atoms with Crippen molar-refractivity contribution in [3.63, 3.8) is 0 Å². The van der Waals surface area contributed by atoms with Crippen LogP contribution < -0.4 is 11.1 Å². The molecule has 0 bridgehead atoms. The fourth-order valence-electron chi connectivity index (χ4n) is 2.38. The van der Waals surface area contributed by atoms with Gasteiger partial charge >= 0.3 is 0 Å². The third kappa shape index (κ3) is 3.79. The maximum Gasteiger partial charge on any atom is 0.251 e. The van der Waals surface area contributed by atoms with Gasteiger partial charge < -0.3 is 20.9 Å². The Morgan fingerprint density at radius 2 is 2.05 bits per heavy atom. The van der Waals surface area contributed by atoms with Crippen LogP contribution >= 0.6 is 0 Å². The second-order valence-electron chi connectivity index (χ2n) is 5.22. The first kappa shape index (κ1) is 15.0. The highest BCUT2D eigenvalue weighted by atomic mass is 16.5. The quantitative estimate of drug-likeness (QED) is 0.730. The van der Waals surface area contributed by atoms with E-state index in [1.807, 2.05) is 18.2 Å². The topological polar surface area (TPSA) is 84.6 Å². The van der Waals surface area contributed by atoms with Crippen molar-refractivity contribution >= 4 is 5.91 Å². The van der Waals surface area contributed by atoms with Crippen molar-refractivity contribution in [1.82, 2.24) is 5.32 Å². The zero-order valence-electron chi connectivity index (χ0n) is 11.6. The molecule has 1 fully saturated rings. The summed E-state index contributed by atoms with van der Waals surface area (Å²) in [4.78, 5) is 12.2. The minimum atomic E-state index is -0.850. The van der Waals surface area contributed by atoms with E-state index >= 15 is 0 Å². The molecule has 5 heteroatoms. The molecule has 0 radical (unpaired) electrons. The molecular formula is C15H22N2O3. The van der Waals surface area contributed by atoms with Crippen LogP contribution in [0, 0.1) is 0 Å². The van der Waals surface area contributed by atoms with Crippen LogP contribution in [0.2, 0.25) is 0 Å². The number of amides is 1. The summed E-state index contributed by atoms with van der Waals surface area (Å²) in [6.07, 6.45) is 1.77. The molecule has 20 heavy (non-hydrogen) atoms. The molecule has 0 saturated carbocycles. The molecule has 1 saturated heterocycles. The smallest absolute Gasteiger partial charge is 0.251 e. The number of aliphatic hydroxyl groups is 1. The highest BCUT2D eigenvalue weighted by Crippen LogP contribution is 2.19. The summed E-state index contributed by atoms with van der Waals surface area (Å²) in [5, 5.41) is 13.1. The van der Waals surface area contributed by atoms with Gasteiger partial charge in [0, 0.05) is 38.2 Å². The Hall–Kier alpha value is -1.43. The summed E-state index contributed by atoms with van der Waals surface area (Å²) in [6.45, 7) is 1.84. The fourth-order valence-corrected chi connectivity index (χ4v) is 2.38. The summed E-state index contributed by atoms with van der Waals surface area (Å²) in [6, 6.07) is 7.42. The average Bonchev–Trinajstić information content (AvgIpc) is 2.47. The highest BCUT2D eigenvalue weighted by Gasteiger charge is 2.30. The van der Waals surface area contributed by atoms with Gasteiger partial charge in [0.1, 0.15) is 0 Å². The molecule has 1 aromatic rings. The lowest BCUT2D eigenvalue weighted by molar-refractivity contribution is -0.0605. The molecule has 1 amide bonds. The maximum absolute atomic E-state index is 12.2. The predicted octanol–water partition coefficient (Wildman–Crippen LogP) is 0.459. The summed E-state index contributed by atoms with van der Waals surface area (Å²) in [5.41, 5.74) is 6.27. The Balaban J connectivity index is 1.98. The second-order valence-corrected chi connectivity index (χ2v) is 5.22. The van der Waals surface area contributed by atoms with Crippen LogP contribution in [-0.4, -0.2) is 42.9 Å². The van der Waals surface area contributed by atoms with E-state index in [0.29, 0.717) is 44.6 Å². The lowest BCUT2D eigenvalue weighted by Crippen LogP contribution is -2.46. The van der Waals surface area contributed by atoms with Gasteiger partial charge in [-0.3, -0.25) is 4.79 Å². The van der Waals surface area contributed by atoms with Crippen LogP contribution in [0.4, 0.5) is 0 Å². The Morgan fingerprint density at radius 3 is 2.75 bits per heavy atom. The number of carbonyl (C=O) groups is 1. The summed E-state index contributed by atoms with van der Waals surface area (Å²) in [7, 11) is 0. The third-order valence-electron chi connectivity index (χ3n) is 3.68. The molecule has 1 aliphatic rings. The molecule has 1 aromatic carbocycles. The number of ether oxygens (including phenoxy) is 1. The first-order valence-corrected chi connectivity index (χ1v) is 7.01. The molecule has 0 unspecified atom stereocenters. The van der Waals surface area contributed by atoms with E-state index < -0.39 is 5.60 Å². The van der Waals surface area contributed by atoms with Crippen molar-refractivity contribution in [2.45, 2.75) is 24.9 Å². The van der Waals surface area contributed by atoms with Gasteiger partial charge in [-0.2, -0.15) is 0 Å². The molecule has 0 aliphatic carbocycles. The number of benzene rings is 1. The van der Waals surface area contributed by atoms with E-state index in [-0.39, 0.29) is 12.5 Å². The predicted molar refractivity (Wildman–Crippen MR) is 76.5 cm³/mol. The molecule has 2 rings (SSSR count). The van der Waals surface area contributed by atoms with Crippen LogP contribution in [0.25, 0.3) is 0 Å². The van der Waals surface area contributed by atoms with Crippen LogP contribution in [0.1, 0.15) is 28.8 Å². The van der Waals surface area contributed by atoms with E-state index in [9.17, 15) is 9.90 Å².